The zero-order valence-electron chi connectivity index (χ0n) is 16.3. The predicted octanol–water partition coefficient (Wildman–Crippen LogP) is 3.56. The molecule has 1 unspecified atom stereocenters. The number of aromatic nitrogens is 1. The monoisotopic (exact) mass is 388 g/mol. The predicted molar refractivity (Wildman–Crippen MR) is 109 cm³/mol. The molecule has 1 aromatic heterocycles. The highest BCUT2D eigenvalue weighted by atomic mass is 35.5. The van der Waals surface area contributed by atoms with Gasteiger partial charge in [0.1, 0.15) is 5.82 Å². The third kappa shape index (κ3) is 5.77. The summed E-state index contributed by atoms with van der Waals surface area (Å²) < 4.78 is 0. The maximum atomic E-state index is 12.6. The van der Waals surface area contributed by atoms with Gasteiger partial charge >= 0.3 is 0 Å². The van der Waals surface area contributed by atoms with Crippen LogP contribution in [0.2, 0.25) is 5.02 Å². The average Bonchev–Trinajstić information content (AvgIpc) is 2.59. The largest absolute Gasteiger partial charge is 0.323 e. The molecule has 1 heterocycles. The van der Waals surface area contributed by atoms with Crippen LogP contribution in [0.25, 0.3) is 0 Å². The first-order valence-electron chi connectivity index (χ1n) is 8.67. The van der Waals surface area contributed by atoms with E-state index in [2.05, 4.69) is 15.6 Å². The molecule has 0 aliphatic rings. The lowest BCUT2D eigenvalue weighted by atomic mass is 10.1. The summed E-state index contributed by atoms with van der Waals surface area (Å²) in [6.45, 7) is 7.57. The SMILES string of the molecule is Cc1ccc(NC(=O)CN(C)C(C)C(=O)Nc2c(C)cc(C)cc2Cl)nc1. The Bertz CT molecular complexity index is 813. The fourth-order valence-corrected chi connectivity index (χ4v) is 2.96. The quantitative estimate of drug-likeness (QED) is 0.793. The third-order valence-electron chi connectivity index (χ3n) is 4.29. The molecule has 0 aliphatic heterocycles. The van der Waals surface area contributed by atoms with Gasteiger partial charge in [-0.3, -0.25) is 14.5 Å². The highest BCUT2D eigenvalue weighted by Crippen LogP contribution is 2.27. The van der Waals surface area contributed by atoms with Crippen molar-refractivity contribution in [1.29, 1.82) is 0 Å². The van der Waals surface area contributed by atoms with Gasteiger partial charge in [-0.2, -0.15) is 0 Å². The van der Waals surface area contributed by atoms with Crippen molar-refractivity contribution in [2.24, 2.45) is 0 Å². The molecule has 0 saturated heterocycles. The summed E-state index contributed by atoms with van der Waals surface area (Å²) >= 11 is 6.25. The Morgan fingerprint density at radius 2 is 1.85 bits per heavy atom. The number of anilines is 2. The number of nitrogens with one attached hydrogen (secondary N) is 2. The van der Waals surface area contributed by atoms with Crippen molar-refractivity contribution < 1.29 is 9.59 Å². The van der Waals surface area contributed by atoms with Crippen LogP contribution in [-0.4, -0.2) is 41.3 Å². The lowest BCUT2D eigenvalue weighted by Gasteiger charge is -2.24. The number of likely N-dealkylation sites (N-methyl/N-ethyl adjacent to an activating group) is 1. The van der Waals surface area contributed by atoms with Crippen molar-refractivity contribution in [3.8, 4) is 0 Å². The molecule has 2 rings (SSSR count). The number of carbonyl (C=O) groups is 2. The molecule has 2 amide bonds. The third-order valence-corrected chi connectivity index (χ3v) is 4.59. The first-order chi connectivity index (χ1) is 12.7. The smallest absolute Gasteiger partial charge is 0.241 e. The van der Waals surface area contributed by atoms with Gasteiger partial charge in [-0.25, -0.2) is 4.98 Å². The number of halogens is 1. The second-order valence-corrected chi connectivity index (χ2v) is 7.20. The van der Waals surface area contributed by atoms with E-state index in [1.54, 1.807) is 37.2 Å². The summed E-state index contributed by atoms with van der Waals surface area (Å²) in [5.74, 6) is 0.0174. The molecule has 7 heteroatoms. The van der Waals surface area contributed by atoms with Crippen molar-refractivity contribution in [1.82, 2.24) is 9.88 Å². The lowest BCUT2D eigenvalue weighted by Crippen LogP contribution is -2.43. The molecule has 0 radical (unpaired) electrons. The molecule has 144 valence electrons. The molecule has 6 nitrogen and oxygen atoms in total. The highest BCUT2D eigenvalue weighted by molar-refractivity contribution is 6.34. The number of rotatable bonds is 6. The van der Waals surface area contributed by atoms with Crippen LogP contribution in [0.3, 0.4) is 0 Å². The van der Waals surface area contributed by atoms with Gasteiger partial charge in [0.2, 0.25) is 11.8 Å². The zero-order chi connectivity index (χ0) is 20.1. The minimum Gasteiger partial charge on any atom is -0.323 e. The molecule has 0 aliphatic carbocycles. The Kier molecular flexibility index (Phi) is 6.93. The number of benzene rings is 1. The van der Waals surface area contributed by atoms with Crippen LogP contribution in [0, 0.1) is 20.8 Å². The van der Waals surface area contributed by atoms with Crippen LogP contribution in [0.5, 0.6) is 0 Å². The summed E-state index contributed by atoms with van der Waals surface area (Å²) in [7, 11) is 1.72. The minimum atomic E-state index is -0.515. The van der Waals surface area contributed by atoms with Crippen molar-refractivity contribution in [3.63, 3.8) is 0 Å². The van der Waals surface area contributed by atoms with Gasteiger partial charge in [0, 0.05) is 6.20 Å². The highest BCUT2D eigenvalue weighted by Gasteiger charge is 2.21. The number of hydrogen-bond donors (Lipinski definition) is 2. The Balaban J connectivity index is 1.95. The lowest BCUT2D eigenvalue weighted by molar-refractivity contribution is -0.122. The van der Waals surface area contributed by atoms with E-state index >= 15 is 0 Å². The summed E-state index contributed by atoms with van der Waals surface area (Å²) in [6, 6.07) is 6.86. The number of nitrogens with zero attached hydrogens (tertiary/aromatic N) is 2. The molecule has 0 bridgehead atoms. The summed E-state index contributed by atoms with van der Waals surface area (Å²) in [5.41, 5.74) is 3.54. The van der Waals surface area contributed by atoms with E-state index < -0.39 is 6.04 Å². The van der Waals surface area contributed by atoms with E-state index in [-0.39, 0.29) is 18.4 Å². The van der Waals surface area contributed by atoms with Crippen molar-refractivity contribution >= 4 is 34.9 Å². The summed E-state index contributed by atoms with van der Waals surface area (Å²) in [5, 5.41) is 6.08. The van der Waals surface area contributed by atoms with Crippen molar-refractivity contribution in [3.05, 3.63) is 52.2 Å². The second kappa shape index (κ2) is 8.97. The molecular formula is C20H25ClN4O2. The Morgan fingerprint density at radius 3 is 2.44 bits per heavy atom. The Hall–Kier alpha value is -2.44. The van der Waals surface area contributed by atoms with Gasteiger partial charge in [0.05, 0.1) is 23.3 Å². The first-order valence-corrected chi connectivity index (χ1v) is 9.05. The van der Waals surface area contributed by atoms with Gasteiger partial charge in [-0.05, 0) is 63.6 Å². The number of carbonyl (C=O) groups excluding carboxylic acids is 2. The summed E-state index contributed by atoms with van der Waals surface area (Å²) in [6.07, 6.45) is 1.68. The van der Waals surface area contributed by atoms with Crippen LogP contribution < -0.4 is 10.6 Å². The van der Waals surface area contributed by atoms with Gasteiger partial charge in [0.15, 0.2) is 0 Å². The van der Waals surface area contributed by atoms with Gasteiger partial charge in [-0.15, -0.1) is 0 Å². The maximum Gasteiger partial charge on any atom is 0.241 e. The van der Waals surface area contributed by atoms with Crippen molar-refractivity contribution in [2.75, 3.05) is 24.2 Å². The van der Waals surface area contributed by atoms with Crippen LogP contribution in [-0.2, 0) is 9.59 Å². The van der Waals surface area contributed by atoms with Gasteiger partial charge < -0.3 is 10.6 Å². The van der Waals surface area contributed by atoms with Gasteiger partial charge in [-0.1, -0.05) is 23.7 Å². The standard InChI is InChI=1S/C20H25ClN4O2/c1-12-6-7-17(22-10-12)23-18(26)11-25(5)15(4)20(27)24-19-14(3)8-13(2)9-16(19)21/h6-10,15H,11H2,1-5H3,(H,24,27)(H,22,23,26). The zero-order valence-corrected chi connectivity index (χ0v) is 17.0. The second-order valence-electron chi connectivity index (χ2n) is 6.79. The van der Waals surface area contributed by atoms with E-state index in [0.717, 1.165) is 16.7 Å². The molecule has 2 aromatic rings. The molecule has 27 heavy (non-hydrogen) atoms. The molecule has 1 aromatic carbocycles. The average molecular weight is 389 g/mol. The molecule has 0 saturated carbocycles. The Labute approximate surface area is 164 Å². The van der Waals surface area contributed by atoms with E-state index in [1.807, 2.05) is 32.9 Å². The van der Waals surface area contributed by atoms with Crippen molar-refractivity contribution in [2.45, 2.75) is 33.7 Å². The molecule has 1 atom stereocenters. The van der Waals surface area contributed by atoms with E-state index in [1.165, 1.54) is 0 Å². The van der Waals surface area contributed by atoms with Gasteiger partial charge in [0.25, 0.3) is 0 Å². The molecule has 2 N–H and O–H groups in total. The fourth-order valence-electron chi connectivity index (χ4n) is 2.59. The molecule has 0 fully saturated rings. The van der Waals surface area contributed by atoms with Crippen LogP contribution in [0.1, 0.15) is 23.6 Å². The normalized spacial score (nSPS) is 12.0. The first kappa shape index (κ1) is 20.9. The number of aryl methyl sites for hydroxylation is 3. The topological polar surface area (TPSA) is 74.3 Å². The fraction of sp³-hybridized carbons (Fsp3) is 0.350. The van der Waals surface area contributed by atoms with Crippen LogP contribution >= 0.6 is 11.6 Å². The Morgan fingerprint density at radius 1 is 1.15 bits per heavy atom. The summed E-state index contributed by atoms with van der Waals surface area (Å²) in [4.78, 5) is 30.6. The van der Waals surface area contributed by atoms with E-state index in [9.17, 15) is 9.59 Å². The number of pyridine rings is 1. The van der Waals surface area contributed by atoms with Crippen LogP contribution in [0.15, 0.2) is 30.5 Å². The van der Waals surface area contributed by atoms with Crippen LogP contribution in [0.4, 0.5) is 11.5 Å². The van der Waals surface area contributed by atoms with E-state index in [0.29, 0.717) is 16.5 Å². The molecular weight excluding hydrogens is 364 g/mol. The van der Waals surface area contributed by atoms with E-state index in [4.69, 9.17) is 11.6 Å². The molecule has 0 spiro atoms. The number of amides is 2. The minimum absolute atomic E-state index is 0.0603. The maximum absolute atomic E-state index is 12.6. The number of hydrogen-bond acceptors (Lipinski definition) is 4.